The van der Waals surface area contributed by atoms with Gasteiger partial charge in [-0.15, -0.1) is 6.58 Å². The first-order chi connectivity index (χ1) is 7.09. The molecule has 0 unspecified atom stereocenters. The van der Waals surface area contributed by atoms with Crippen molar-refractivity contribution in [2.24, 2.45) is 0 Å². The Hall–Kier alpha value is -0.340. The first kappa shape index (κ1) is 12.7. The second-order valence-corrected chi connectivity index (χ2v) is 4.72. The van der Waals surface area contributed by atoms with Gasteiger partial charge >= 0.3 is 0 Å². The van der Waals surface area contributed by atoms with Crippen LogP contribution in [0.15, 0.2) is 12.7 Å². The zero-order chi connectivity index (χ0) is 11.3. The predicted octanol–water partition coefficient (Wildman–Crippen LogP) is 3.66. The van der Waals surface area contributed by atoms with Crippen LogP contribution in [-0.2, 0) is 9.47 Å². The van der Waals surface area contributed by atoms with Gasteiger partial charge in [-0.05, 0) is 20.3 Å². The van der Waals surface area contributed by atoms with Gasteiger partial charge in [-0.2, -0.15) is 0 Å². The molecule has 0 saturated carbocycles. The van der Waals surface area contributed by atoms with Crippen LogP contribution in [0.5, 0.6) is 0 Å². The van der Waals surface area contributed by atoms with Gasteiger partial charge < -0.3 is 9.47 Å². The number of unbranched alkanes of at least 4 members (excludes halogenated alkanes) is 3. The van der Waals surface area contributed by atoms with Crippen LogP contribution in [0.2, 0.25) is 0 Å². The average Bonchev–Trinajstić information content (AvgIpc) is 2.48. The van der Waals surface area contributed by atoms with E-state index in [-0.39, 0.29) is 12.2 Å². The Morgan fingerprint density at radius 2 is 1.93 bits per heavy atom. The highest BCUT2D eigenvalue weighted by molar-refractivity contribution is 4.92. The molecule has 88 valence electrons. The number of rotatable bonds is 6. The Morgan fingerprint density at radius 3 is 2.53 bits per heavy atom. The molecule has 0 aromatic heterocycles. The molecular formula is C13H24O2. The molecule has 1 rings (SSSR count). The molecule has 0 bridgehead atoms. The molecule has 0 amide bonds. The summed E-state index contributed by atoms with van der Waals surface area (Å²) in [6.45, 7) is 9.96. The van der Waals surface area contributed by atoms with Gasteiger partial charge in [0.1, 0.15) is 6.10 Å². The molecule has 0 spiro atoms. The molecule has 2 atom stereocenters. The second-order valence-electron chi connectivity index (χ2n) is 4.72. The van der Waals surface area contributed by atoms with Crippen molar-refractivity contribution in [1.82, 2.24) is 0 Å². The summed E-state index contributed by atoms with van der Waals surface area (Å²) in [4.78, 5) is 0. The third-order valence-corrected chi connectivity index (χ3v) is 2.80. The summed E-state index contributed by atoms with van der Waals surface area (Å²) in [5.74, 6) is -0.436. The van der Waals surface area contributed by atoms with Crippen LogP contribution < -0.4 is 0 Å². The Morgan fingerprint density at radius 1 is 1.20 bits per heavy atom. The van der Waals surface area contributed by atoms with Crippen LogP contribution in [0, 0.1) is 0 Å². The van der Waals surface area contributed by atoms with Crippen LogP contribution in [-0.4, -0.2) is 18.0 Å². The van der Waals surface area contributed by atoms with Gasteiger partial charge in [-0.25, -0.2) is 0 Å². The second kappa shape index (κ2) is 5.66. The summed E-state index contributed by atoms with van der Waals surface area (Å²) in [6, 6.07) is 0. The zero-order valence-corrected chi connectivity index (χ0v) is 10.3. The minimum atomic E-state index is -0.436. The molecule has 1 fully saturated rings. The summed E-state index contributed by atoms with van der Waals surface area (Å²) in [7, 11) is 0. The topological polar surface area (TPSA) is 18.5 Å². The summed E-state index contributed by atoms with van der Waals surface area (Å²) < 4.78 is 11.6. The van der Waals surface area contributed by atoms with Crippen LogP contribution in [0.25, 0.3) is 0 Å². The standard InChI is InChI=1S/C13H24O2/c1-5-7-8-9-10-12-11(6-2)14-13(3,4)15-12/h6,11-12H,2,5,7-10H2,1,3-4H3/t11-,12-/m1/s1. The van der Waals surface area contributed by atoms with Crippen LogP contribution >= 0.6 is 0 Å². The zero-order valence-electron chi connectivity index (χ0n) is 10.3. The molecule has 2 nitrogen and oxygen atoms in total. The maximum Gasteiger partial charge on any atom is 0.164 e. The minimum absolute atomic E-state index is 0.0710. The van der Waals surface area contributed by atoms with Gasteiger partial charge in [0.2, 0.25) is 0 Å². The molecular weight excluding hydrogens is 188 g/mol. The molecule has 0 aromatic rings. The van der Waals surface area contributed by atoms with E-state index in [4.69, 9.17) is 9.47 Å². The molecule has 15 heavy (non-hydrogen) atoms. The maximum atomic E-state index is 5.84. The van der Waals surface area contributed by atoms with Crippen molar-refractivity contribution in [2.75, 3.05) is 0 Å². The van der Waals surface area contributed by atoms with Gasteiger partial charge in [0.25, 0.3) is 0 Å². The Balaban J connectivity index is 2.30. The molecule has 0 aromatic carbocycles. The number of ether oxygens (including phenoxy) is 2. The predicted molar refractivity (Wildman–Crippen MR) is 62.8 cm³/mol. The van der Waals surface area contributed by atoms with Crippen molar-refractivity contribution >= 4 is 0 Å². The quantitative estimate of drug-likeness (QED) is 0.494. The van der Waals surface area contributed by atoms with Crippen LogP contribution in [0.1, 0.15) is 52.9 Å². The van der Waals surface area contributed by atoms with Crippen molar-refractivity contribution in [2.45, 2.75) is 70.9 Å². The Bertz CT molecular complexity index is 199. The lowest BCUT2D eigenvalue weighted by molar-refractivity contribution is -0.143. The van der Waals surface area contributed by atoms with E-state index in [0.717, 1.165) is 6.42 Å². The molecule has 0 radical (unpaired) electrons. The molecule has 1 saturated heterocycles. The fraction of sp³-hybridized carbons (Fsp3) is 0.846. The van der Waals surface area contributed by atoms with Gasteiger partial charge in [0.05, 0.1) is 6.10 Å². The lowest BCUT2D eigenvalue weighted by Gasteiger charge is -2.16. The summed E-state index contributed by atoms with van der Waals surface area (Å²) in [5, 5.41) is 0. The minimum Gasteiger partial charge on any atom is -0.344 e. The smallest absolute Gasteiger partial charge is 0.164 e. The van der Waals surface area contributed by atoms with Gasteiger partial charge in [0, 0.05) is 0 Å². The van der Waals surface area contributed by atoms with Crippen molar-refractivity contribution in [3.63, 3.8) is 0 Å². The summed E-state index contributed by atoms with van der Waals surface area (Å²) in [6.07, 6.45) is 8.33. The molecule has 1 heterocycles. The molecule has 1 aliphatic heterocycles. The fourth-order valence-corrected chi connectivity index (χ4v) is 2.06. The Kier molecular flexibility index (Phi) is 4.81. The molecule has 1 aliphatic rings. The number of hydrogen-bond donors (Lipinski definition) is 0. The highest BCUT2D eigenvalue weighted by Gasteiger charge is 2.38. The van der Waals surface area contributed by atoms with Crippen molar-refractivity contribution in [3.8, 4) is 0 Å². The highest BCUT2D eigenvalue weighted by atomic mass is 16.7. The van der Waals surface area contributed by atoms with E-state index >= 15 is 0 Å². The molecule has 2 heteroatoms. The van der Waals surface area contributed by atoms with Crippen molar-refractivity contribution < 1.29 is 9.47 Å². The normalized spacial score (nSPS) is 29.3. The lowest BCUT2D eigenvalue weighted by Crippen LogP contribution is -2.21. The van der Waals surface area contributed by atoms with E-state index in [9.17, 15) is 0 Å². The van der Waals surface area contributed by atoms with E-state index in [1.54, 1.807) is 0 Å². The van der Waals surface area contributed by atoms with E-state index in [0.29, 0.717) is 0 Å². The SMILES string of the molecule is C=C[C@H]1OC(C)(C)O[C@@H]1CCCCCC. The summed E-state index contributed by atoms with van der Waals surface area (Å²) >= 11 is 0. The van der Waals surface area contributed by atoms with Crippen LogP contribution in [0.3, 0.4) is 0 Å². The third kappa shape index (κ3) is 3.96. The van der Waals surface area contributed by atoms with Crippen molar-refractivity contribution in [3.05, 3.63) is 12.7 Å². The van der Waals surface area contributed by atoms with Gasteiger partial charge in [-0.3, -0.25) is 0 Å². The largest absolute Gasteiger partial charge is 0.344 e. The lowest BCUT2D eigenvalue weighted by atomic mass is 10.1. The monoisotopic (exact) mass is 212 g/mol. The molecule has 0 N–H and O–H groups in total. The van der Waals surface area contributed by atoms with E-state index in [1.807, 2.05) is 19.9 Å². The van der Waals surface area contributed by atoms with E-state index < -0.39 is 5.79 Å². The highest BCUT2D eigenvalue weighted by Crippen LogP contribution is 2.31. The van der Waals surface area contributed by atoms with Gasteiger partial charge in [0.15, 0.2) is 5.79 Å². The summed E-state index contributed by atoms with van der Waals surface area (Å²) in [5.41, 5.74) is 0. The maximum absolute atomic E-state index is 5.84. The average molecular weight is 212 g/mol. The van der Waals surface area contributed by atoms with Crippen molar-refractivity contribution in [1.29, 1.82) is 0 Å². The number of hydrogen-bond acceptors (Lipinski definition) is 2. The van der Waals surface area contributed by atoms with Gasteiger partial charge in [-0.1, -0.05) is 38.7 Å². The fourth-order valence-electron chi connectivity index (χ4n) is 2.06. The molecule has 0 aliphatic carbocycles. The Labute approximate surface area is 93.7 Å². The first-order valence-corrected chi connectivity index (χ1v) is 6.07. The third-order valence-electron chi connectivity index (χ3n) is 2.80. The van der Waals surface area contributed by atoms with E-state index in [2.05, 4.69) is 13.5 Å². The van der Waals surface area contributed by atoms with E-state index in [1.165, 1.54) is 25.7 Å². The van der Waals surface area contributed by atoms with Crippen LogP contribution in [0.4, 0.5) is 0 Å². The first-order valence-electron chi connectivity index (χ1n) is 6.07.